The van der Waals surface area contributed by atoms with Crippen molar-refractivity contribution < 1.29 is 20.4 Å². The molecule has 0 aliphatic heterocycles. The van der Waals surface area contributed by atoms with E-state index in [9.17, 15) is 20.4 Å². The van der Waals surface area contributed by atoms with Crippen molar-refractivity contribution >= 4 is 0 Å². The zero-order valence-electron chi connectivity index (χ0n) is 11.8. The lowest BCUT2D eigenvalue weighted by Crippen LogP contribution is -2.48. The Bertz CT molecular complexity index is 445. The second-order valence-corrected chi connectivity index (χ2v) is 7.63. The van der Waals surface area contributed by atoms with Gasteiger partial charge in [-0.15, -0.1) is 0 Å². The van der Waals surface area contributed by atoms with Gasteiger partial charge in [0.05, 0.1) is 23.9 Å². The summed E-state index contributed by atoms with van der Waals surface area (Å²) >= 11 is 0. The van der Waals surface area contributed by atoms with E-state index in [1.165, 1.54) is 0 Å². The largest absolute Gasteiger partial charge is 0.393 e. The predicted octanol–water partition coefficient (Wildman–Crippen LogP) is 0.442. The van der Waals surface area contributed by atoms with Gasteiger partial charge in [-0.25, -0.2) is 0 Å². The molecule has 4 nitrogen and oxygen atoms in total. The molecule has 0 spiro atoms. The molecule has 7 atom stereocenters. The Balaban J connectivity index is 2.18. The second kappa shape index (κ2) is 3.42. The van der Waals surface area contributed by atoms with E-state index in [1.807, 2.05) is 20.8 Å². The van der Waals surface area contributed by atoms with Gasteiger partial charge < -0.3 is 20.4 Å². The molecule has 0 unspecified atom stereocenters. The molecule has 4 N–H and O–H groups in total. The number of aliphatic hydroxyl groups excluding tert-OH is 3. The van der Waals surface area contributed by atoms with Crippen LogP contribution in [0.1, 0.15) is 33.6 Å². The minimum atomic E-state index is -1.27. The van der Waals surface area contributed by atoms with Crippen LogP contribution in [-0.4, -0.2) is 44.3 Å². The summed E-state index contributed by atoms with van der Waals surface area (Å²) in [5.41, 5.74) is -1.89. The van der Waals surface area contributed by atoms with Crippen LogP contribution >= 0.6 is 0 Å². The zero-order valence-corrected chi connectivity index (χ0v) is 11.8. The molecule has 3 aliphatic carbocycles. The van der Waals surface area contributed by atoms with Crippen LogP contribution in [0.2, 0.25) is 0 Å². The van der Waals surface area contributed by atoms with Gasteiger partial charge in [-0.2, -0.15) is 0 Å². The average molecular weight is 268 g/mol. The van der Waals surface area contributed by atoms with Gasteiger partial charge in [-0.05, 0) is 23.8 Å². The highest BCUT2D eigenvalue weighted by molar-refractivity contribution is 5.37. The lowest BCUT2D eigenvalue weighted by Gasteiger charge is -2.42. The van der Waals surface area contributed by atoms with Gasteiger partial charge in [-0.3, -0.25) is 0 Å². The van der Waals surface area contributed by atoms with E-state index in [0.717, 1.165) is 0 Å². The number of hydrogen-bond donors (Lipinski definition) is 4. The summed E-state index contributed by atoms with van der Waals surface area (Å²) < 4.78 is 0. The summed E-state index contributed by atoms with van der Waals surface area (Å²) in [7, 11) is 0. The van der Waals surface area contributed by atoms with Gasteiger partial charge in [0.2, 0.25) is 0 Å². The third kappa shape index (κ3) is 1.24. The Labute approximate surface area is 113 Å². The maximum Gasteiger partial charge on any atom is 0.0973 e. The minimum Gasteiger partial charge on any atom is -0.393 e. The molecule has 3 saturated carbocycles. The van der Waals surface area contributed by atoms with Crippen LogP contribution in [0.3, 0.4) is 0 Å². The lowest BCUT2D eigenvalue weighted by molar-refractivity contribution is -0.0641. The van der Waals surface area contributed by atoms with E-state index in [2.05, 4.69) is 6.58 Å². The highest BCUT2D eigenvalue weighted by Gasteiger charge is 2.76. The minimum absolute atomic E-state index is 0.285. The van der Waals surface area contributed by atoms with Crippen molar-refractivity contribution in [2.45, 2.75) is 57.5 Å². The molecule has 0 saturated heterocycles. The summed E-state index contributed by atoms with van der Waals surface area (Å²) in [5.74, 6) is -0.663. The van der Waals surface area contributed by atoms with E-state index < -0.39 is 34.7 Å². The SMILES string of the molecule is C=C1[C@@H](O)C[C@H]2[C@H](O)[C@]3(C)C[C@@H](O)C(C)(C)[C@@H]3[C@@]12O. The molecule has 3 fully saturated rings. The van der Waals surface area contributed by atoms with Gasteiger partial charge in [-0.1, -0.05) is 27.4 Å². The molecule has 0 bridgehead atoms. The van der Waals surface area contributed by atoms with E-state index >= 15 is 0 Å². The molecule has 0 heterocycles. The number of aliphatic hydroxyl groups is 4. The molecule has 19 heavy (non-hydrogen) atoms. The fraction of sp³-hybridized carbons (Fsp3) is 0.867. The van der Waals surface area contributed by atoms with Crippen molar-refractivity contribution in [2.24, 2.45) is 22.7 Å². The lowest BCUT2D eigenvalue weighted by atomic mass is 9.65. The van der Waals surface area contributed by atoms with Crippen LogP contribution in [-0.2, 0) is 0 Å². The molecule has 0 amide bonds. The van der Waals surface area contributed by atoms with Crippen LogP contribution in [0.5, 0.6) is 0 Å². The molecule has 0 radical (unpaired) electrons. The second-order valence-electron chi connectivity index (χ2n) is 7.63. The first-order valence-corrected chi connectivity index (χ1v) is 7.03. The highest BCUT2D eigenvalue weighted by Crippen LogP contribution is 2.71. The predicted molar refractivity (Wildman–Crippen MR) is 70.2 cm³/mol. The summed E-state index contributed by atoms with van der Waals surface area (Å²) in [6.45, 7) is 9.67. The normalized spacial score (nSPS) is 59.3. The Hall–Kier alpha value is -0.420. The summed E-state index contributed by atoms with van der Waals surface area (Å²) in [6, 6.07) is 0. The van der Waals surface area contributed by atoms with Gasteiger partial charge in [0.15, 0.2) is 0 Å². The van der Waals surface area contributed by atoms with E-state index in [4.69, 9.17) is 0 Å². The van der Waals surface area contributed by atoms with Crippen molar-refractivity contribution in [2.75, 3.05) is 0 Å². The molecule has 0 aromatic heterocycles. The summed E-state index contributed by atoms with van der Waals surface area (Å²) in [6.07, 6.45) is -1.20. The van der Waals surface area contributed by atoms with E-state index in [0.29, 0.717) is 18.4 Å². The van der Waals surface area contributed by atoms with Crippen LogP contribution in [0, 0.1) is 22.7 Å². The molecule has 3 rings (SSSR count). The first-order valence-electron chi connectivity index (χ1n) is 7.03. The fourth-order valence-electron chi connectivity index (χ4n) is 5.50. The Morgan fingerprint density at radius 3 is 2.32 bits per heavy atom. The van der Waals surface area contributed by atoms with Crippen LogP contribution in [0.4, 0.5) is 0 Å². The number of rotatable bonds is 0. The molecule has 0 aromatic rings. The molecular formula is C15H24O4. The van der Waals surface area contributed by atoms with Gasteiger partial charge in [0.25, 0.3) is 0 Å². The Kier molecular flexibility index (Phi) is 2.44. The van der Waals surface area contributed by atoms with Crippen LogP contribution in [0.15, 0.2) is 12.2 Å². The topological polar surface area (TPSA) is 80.9 Å². The third-order valence-corrected chi connectivity index (χ3v) is 6.35. The molecular weight excluding hydrogens is 244 g/mol. The van der Waals surface area contributed by atoms with Gasteiger partial charge in [0.1, 0.15) is 0 Å². The standard InChI is InChI=1S/C15H24O4/c1-7-9(16)5-8-11(18)14(4)6-10(17)13(2,3)12(14)15(7,8)19/h8-12,16-19H,1,5-6H2,2-4H3/t8-,9-,10+,11-,12-,14-,15+/m0/s1. The van der Waals surface area contributed by atoms with Crippen LogP contribution in [0.25, 0.3) is 0 Å². The highest BCUT2D eigenvalue weighted by atomic mass is 16.3. The number of hydrogen-bond acceptors (Lipinski definition) is 4. The van der Waals surface area contributed by atoms with Gasteiger partial charge >= 0.3 is 0 Å². The average Bonchev–Trinajstić information content (AvgIpc) is 2.69. The van der Waals surface area contributed by atoms with Crippen molar-refractivity contribution in [3.05, 3.63) is 12.2 Å². The van der Waals surface area contributed by atoms with Crippen molar-refractivity contribution in [1.29, 1.82) is 0 Å². The molecule has 0 aromatic carbocycles. The first-order chi connectivity index (χ1) is 8.58. The molecule has 4 heteroatoms. The Morgan fingerprint density at radius 1 is 1.16 bits per heavy atom. The van der Waals surface area contributed by atoms with E-state index in [1.54, 1.807) is 0 Å². The zero-order chi connectivity index (χ0) is 14.4. The maximum atomic E-state index is 11.2. The third-order valence-electron chi connectivity index (χ3n) is 6.35. The summed E-state index contributed by atoms with van der Waals surface area (Å²) in [5, 5.41) is 42.2. The molecule has 108 valence electrons. The fourth-order valence-corrected chi connectivity index (χ4v) is 5.50. The van der Waals surface area contributed by atoms with Crippen molar-refractivity contribution in [3.8, 4) is 0 Å². The smallest absolute Gasteiger partial charge is 0.0973 e. The quantitative estimate of drug-likeness (QED) is 0.481. The maximum absolute atomic E-state index is 11.2. The van der Waals surface area contributed by atoms with Crippen molar-refractivity contribution in [3.63, 3.8) is 0 Å². The molecule has 3 aliphatic rings. The summed E-state index contributed by atoms with van der Waals surface area (Å²) in [4.78, 5) is 0. The van der Waals surface area contributed by atoms with Crippen molar-refractivity contribution in [1.82, 2.24) is 0 Å². The van der Waals surface area contributed by atoms with Crippen LogP contribution < -0.4 is 0 Å². The first kappa shape index (κ1) is 13.6. The van der Waals surface area contributed by atoms with Gasteiger partial charge in [0, 0.05) is 17.3 Å². The Morgan fingerprint density at radius 2 is 1.74 bits per heavy atom. The van der Waals surface area contributed by atoms with E-state index in [-0.39, 0.29) is 11.8 Å². The number of fused-ring (bicyclic) bond motifs is 3. The monoisotopic (exact) mass is 268 g/mol.